The number of amides is 5. The van der Waals surface area contributed by atoms with Crippen LogP contribution in [0, 0.1) is 34.0 Å². The first-order valence-electron chi connectivity index (χ1n) is 11.4. The van der Waals surface area contributed by atoms with Crippen LogP contribution in [0.4, 0.5) is 18.0 Å². The third-order valence-corrected chi connectivity index (χ3v) is 7.23. The summed E-state index contributed by atoms with van der Waals surface area (Å²) < 4.78 is 38.8. The van der Waals surface area contributed by atoms with Crippen molar-refractivity contribution in [1.82, 2.24) is 25.8 Å². The Labute approximate surface area is 201 Å². The first-order valence-corrected chi connectivity index (χ1v) is 11.4. The van der Waals surface area contributed by atoms with Crippen LogP contribution < -0.4 is 16.0 Å². The lowest BCUT2D eigenvalue weighted by Crippen LogP contribution is -2.61. The van der Waals surface area contributed by atoms with Crippen molar-refractivity contribution in [3.8, 4) is 6.07 Å². The predicted molar refractivity (Wildman–Crippen MR) is 116 cm³/mol. The Morgan fingerprint density at radius 2 is 1.86 bits per heavy atom. The standard InChI is InChI=1S/C22H31F3N6O4/c1-20(2,3)15(29-18(34)22(23,24)25)17(33)31-10-12-13(21(12,4)5)14(31)16(32)28-11(8-26)9-30-7-6-27-19(30)35/h11-15H,6-7,9-10H2,1-5H3,(H,27,35)(H,28,32)(H,29,34)/t11-,12+,13-,14+,15-/m1/s1. The number of nitrogens with zero attached hydrogens (tertiary/aromatic N) is 3. The highest BCUT2D eigenvalue weighted by Crippen LogP contribution is 2.65. The van der Waals surface area contributed by atoms with Gasteiger partial charge < -0.3 is 25.8 Å². The Kier molecular flexibility index (Phi) is 6.73. The minimum Gasteiger partial charge on any atom is -0.337 e. The summed E-state index contributed by atoms with van der Waals surface area (Å²) in [5, 5.41) is 16.5. The zero-order valence-corrected chi connectivity index (χ0v) is 20.3. The summed E-state index contributed by atoms with van der Waals surface area (Å²) in [5.74, 6) is -3.93. The molecule has 5 atom stereocenters. The van der Waals surface area contributed by atoms with Crippen molar-refractivity contribution < 1.29 is 32.3 Å². The van der Waals surface area contributed by atoms with Gasteiger partial charge in [-0.2, -0.15) is 18.4 Å². The number of carbonyl (C=O) groups is 4. The van der Waals surface area contributed by atoms with Gasteiger partial charge in [0.15, 0.2) is 0 Å². The van der Waals surface area contributed by atoms with Gasteiger partial charge >= 0.3 is 18.1 Å². The summed E-state index contributed by atoms with van der Waals surface area (Å²) >= 11 is 0. The van der Waals surface area contributed by atoms with E-state index in [0.717, 1.165) is 0 Å². The molecule has 10 nitrogen and oxygen atoms in total. The molecule has 2 saturated heterocycles. The Morgan fingerprint density at radius 1 is 1.23 bits per heavy atom. The maximum absolute atomic E-state index is 13.5. The van der Waals surface area contributed by atoms with Crippen molar-refractivity contribution in [3.05, 3.63) is 0 Å². The van der Waals surface area contributed by atoms with Crippen LogP contribution in [0.25, 0.3) is 0 Å². The molecule has 0 aromatic rings. The highest BCUT2D eigenvalue weighted by atomic mass is 19.4. The van der Waals surface area contributed by atoms with Crippen molar-refractivity contribution >= 4 is 23.8 Å². The predicted octanol–water partition coefficient (Wildman–Crippen LogP) is 0.596. The monoisotopic (exact) mass is 500 g/mol. The molecule has 0 spiro atoms. The number of rotatable bonds is 6. The van der Waals surface area contributed by atoms with Crippen molar-refractivity contribution in [3.63, 3.8) is 0 Å². The van der Waals surface area contributed by atoms with Crippen molar-refractivity contribution in [2.45, 2.75) is 58.9 Å². The summed E-state index contributed by atoms with van der Waals surface area (Å²) in [6, 6.07) is -1.98. The normalized spacial score (nSPS) is 26.8. The minimum absolute atomic E-state index is 0.0432. The molecule has 2 heterocycles. The van der Waals surface area contributed by atoms with Gasteiger partial charge in [-0.15, -0.1) is 0 Å². The van der Waals surface area contributed by atoms with Gasteiger partial charge in [0.05, 0.1) is 12.6 Å². The van der Waals surface area contributed by atoms with Crippen LogP contribution in [-0.4, -0.2) is 84.0 Å². The van der Waals surface area contributed by atoms with E-state index in [0.29, 0.717) is 13.1 Å². The smallest absolute Gasteiger partial charge is 0.337 e. The van der Waals surface area contributed by atoms with Crippen molar-refractivity contribution in [2.75, 3.05) is 26.2 Å². The Bertz CT molecular complexity index is 954. The summed E-state index contributed by atoms with van der Waals surface area (Å²) in [6.07, 6.45) is -5.17. The summed E-state index contributed by atoms with van der Waals surface area (Å²) in [4.78, 5) is 52.8. The van der Waals surface area contributed by atoms with Gasteiger partial charge in [0.25, 0.3) is 0 Å². The molecule has 3 aliphatic rings. The second-order valence-electron chi connectivity index (χ2n) is 11.0. The highest BCUT2D eigenvalue weighted by Gasteiger charge is 2.70. The number of nitriles is 1. The average Bonchev–Trinajstić information content (AvgIpc) is 3.10. The van der Waals surface area contributed by atoms with E-state index in [1.165, 1.54) is 30.6 Å². The van der Waals surface area contributed by atoms with E-state index in [1.807, 2.05) is 19.9 Å². The van der Waals surface area contributed by atoms with Crippen LogP contribution in [0.1, 0.15) is 34.6 Å². The maximum Gasteiger partial charge on any atom is 0.471 e. The van der Waals surface area contributed by atoms with Gasteiger partial charge in [-0.05, 0) is 22.7 Å². The van der Waals surface area contributed by atoms with Crippen LogP contribution in [0.15, 0.2) is 0 Å². The van der Waals surface area contributed by atoms with Gasteiger partial charge in [0.1, 0.15) is 18.1 Å². The van der Waals surface area contributed by atoms with E-state index in [1.54, 1.807) is 5.32 Å². The number of urea groups is 1. The topological polar surface area (TPSA) is 135 Å². The molecule has 3 rings (SSSR count). The molecule has 2 aliphatic heterocycles. The van der Waals surface area contributed by atoms with Crippen LogP contribution in [-0.2, 0) is 14.4 Å². The van der Waals surface area contributed by atoms with E-state index in [2.05, 4.69) is 10.6 Å². The van der Waals surface area contributed by atoms with Gasteiger partial charge in [-0.3, -0.25) is 14.4 Å². The zero-order valence-electron chi connectivity index (χ0n) is 20.3. The quantitative estimate of drug-likeness (QED) is 0.491. The molecule has 0 radical (unpaired) electrons. The van der Waals surface area contributed by atoms with Crippen molar-refractivity contribution in [2.24, 2.45) is 22.7 Å². The highest BCUT2D eigenvalue weighted by molar-refractivity contribution is 5.95. The maximum atomic E-state index is 13.5. The third-order valence-electron chi connectivity index (χ3n) is 7.23. The van der Waals surface area contributed by atoms with E-state index in [9.17, 15) is 37.6 Å². The largest absolute Gasteiger partial charge is 0.471 e. The Morgan fingerprint density at radius 3 is 2.34 bits per heavy atom. The Balaban J connectivity index is 1.81. The van der Waals surface area contributed by atoms with E-state index < -0.39 is 47.4 Å². The average molecular weight is 501 g/mol. The molecule has 5 amide bonds. The molecule has 194 valence electrons. The molecule has 1 saturated carbocycles. The van der Waals surface area contributed by atoms with Crippen LogP contribution in [0.5, 0.6) is 0 Å². The SMILES string of the molecule is CC(C)(C)[C@H](NC(=O)C(F)(F)F)C(=O)N1C[C@H]2[C@H]([C@H]1C(=O)N[C@H](C#N)CN1CCNC1=O)C2(C)C. The molecule has 1 aliphatic carbocycles. The molecule has 0 unspecified atom stereocenters. The second-order valence-corrected chi connectivity index (χ2v) is 11.0. The minimum atomic E-state index is -5.17. The number of piperidine rings is 1. The lowest BCUT2D eigenvalue weighted by atomic mass is 9.85. The Hall–Kier alpha value is -3.04. The van der Waals surface area contributed by atoms with Gasteiger partial charge in [-0.1, -0.05) is 34.6 Å². The number of hydrogen-bond donors (Lipinski definition) is 3. The first kappa shape index (κ1) is 26.6. The van der Waals surface area contributed by atoms with E-state index in [4.69, 9.17) is 0 Å². The lowest BCUT2D eigenvalue weighted by Gasteiger charge is -2.37. The first-order chi connectivity index (χ1) is 16.0. The molecule has 0 bridgehead atoms. The fourth-order valence-corrected chi connectivity index (χ4v) is 5.12. The van der Waals surface area contributed by atoms with Gasteiger partial charge in [0, 0.05) is 19.6 Å². The van der Waals surface area contributed by atoms with Gasteiger partial charge in [-0.25, -0.2) is 4.79 Å². The second kappa shape index (κ2) is 8.87. The fraction of sp³-hybridized carbons (Fsp3) is 0.773. The molecular weight excluding hydrogens is 469 g/mol. The number of carbonyl (C=O) groups excluding carboxylic acids is 4. The van der Waals surface area contributed by atoms with E-state index in [-0.39, 0.29) is 36.4 Å². The number of fused-ring (bicyclic) bond motifs is 1. The number of nitrogens with one attached hydrogen (secondary N) is 3. The molecule has 35 heavy (non-hydrogen) atoms. The van der Waals surface area contributed by atoms with Crippen molar-refractivity contribution in [1.29, 1.82) is 5.26 Å². The van der Waals surface area contributed by atoms with Crippen LogP contribution >= 0.6 is 0 Å². The lowest BCUT2D eigenvalue weighted by molar-refractivity contribution is -0.176. The zero-order chi connectivity index (χ0) is 26.5. The number of likely N-dealkylation sites (tertiary alicyclic amines) is 1. The molecule has 3 N–H and O–H groups in total. The fourth-order valence-electron chi connectivity index (χ4n) is 5.12. The summed E-state index contributed by atoms with van der Waals surface area (Å²) in [6.45, 7) is 9.35. The van der Waals surface area contributed by atoms with Crippen LogP contribution in [0.3, 0.4) is 0 Å². The molecule has 0 aromatic heterocycles. The van der Waals surface area contributed by atoms with Crippen LogP contribution in [0.2, 0.25) is 0 Å². The van der Waals surface area contributed by atoms with E-state index >= 15 is 0 Å². The number of halogens is 3. The number of hydrogen-bond acceptors (Lipinski definition) is 5. The molecule has 0 aromatic carbocycles. The van der Waals surface area contributed by atoms with Gasteiger partial charge in [0.2, 0.25) is 11.8 Å². The third kappa shape index (κ3) is 5.16. The summed E-state index contributed by atoms with van der Waals surface area (Å²) in [7, 11) is 0. The summed E-state index contributed by atoms with van der Waals surface area (Å²) in [5.41, 5.74) is -1.35. The number of alkyl halides is 3. The molecular formula is C22H31F3N6O4. The molecule has 3 fully saturated rings. The molecule has 13 heteroatoms.